The van der Waals surface area contributed by atoms with Crippen LogP contribution < -0.4 is 0 Å². The van der Waals surface area contributed by atoms with Gasteiger partial charge in [0.15, 0.2) is 0 Å². The minimum atomic E-state index is 0.142. The van der Waals surface area contributed by atoms with E-state index in [4.69, 9.17) is 6.42 Å². The Bertz CT molecular complexity index is 859. The summed E-state index contributed by atoms with van der Waals surface area (Å²) in [5, 5.41) is 0.507. The van der Waals surface area contributed by atoms with Crippen molar-refractivity contribution in [3.63, 3.8) is 0 Å². The van der Waals surface area contributed by atoms with Gasteiger partial charge in [0.05, 0.1) is 0 Å². The molecule has 0 saturated carbocycles. The standard InChI is InChI=1S/C29H40S/c1-11-17-29(10,13-3)28-20-27(19-26(12-2)25(28)9)22(6)15-14-16-23(7)30-24(8)18-21(4)5/h2,14-15,18-20,23H,4,6,11,13,16-17H2,1,3,5,7-10H3/b15-14-,24-18+. The zero-order valence-corrected chi connectivity index (χ0v) is 21.0. The van der Waals surface area contributed by atoms with Gasteiger partial charge in [0.25, 0.3) is 0 Å². The summed E-state index contributed by atoms with van der Waals surface area (Å²) in [4.78, 5) is 1.30. The van der Waals surface area contributed by atoms with Gasteiger partial charge in [-0.25, -0.2) is 0 Å². The van der Waals surface area contributed by atoms with Crippen LogP contribution in [-0.2, 0) is 5.41 Å². The Balaban J connectivity index is 3.07. The Morgan fingerprint density at radius 3 is 2.47 bits per heavy atom. The molecular formula is C29H40S. The molecule has 0 radical (unpaired) electrons. The normalized spacial score (nSPS) is 14.9. The molecule has 0 aliphatic carbocycles. The first-order valence-corrected chi connectivity index (χ1v) is 11.9. The number of hydrogen-bond acceptors (Lipinski definition) is 1. The van der Waals surface area contributed by atoms with E-state index < -0.39 is 0 Å². The van der Waals surface area contributed by atoms with Crippen LogP contribution in [0.3, 0.4) is 0 Å². The van der Waals surface area contributed by atoms with Crippen LogP contribution in [0, 0.1) is 19.3 Å². The lowest BCUT2D eigenvalue weighted by molar-refractivity contribution is 0.411. The van der Waals surface area contributed by atoms with Gasteiger partial charge in [-0.15, -0.1) is 18.2 Å². The van der Waals surface area contributed by atoms with Crippen LogP contribution in [0.25, 0.3) is 5.57 Å². The van der Waals surface area contributed by atoms with Crippen molar-refractivity contribution in [1.82, 2.24) is 0 Å². The zero-order valence-electron chi connectivity index (χ0n) is 20.2. The van der Waals surface area contributed by atoms with Crippen molar-refractivity contribution in [2.75, 3.05) is 0 Å². The molecule has 30 heavy (non-hydrogen) atoms. The highest BCUT2D eigenvalue weighted by Gasteiger charge is 2.26. The number of hydrogen-bond donors (Lipinski definition) is 0. The predicted octanol–water partition coefficient (Wildman–Crippen LogP) is 9.01. The lowest BCUT2D eigenvalue weighted by Gasteiger charge is -2.31. The highest BCUT2D eigenvalue weighted by atomic mass is 32.2. The van der Waals surface area contributed by atoms with E-state index in [0.717, 1.165) is 48.0 Å². The maximum absolute atomic E-state index is 5.86. The Morgan fingerprint density at radius 1 is 1.27 bits per heavy atom. The predicted molar refractivity (Wildman–Crippen MR) is 140 cm³/mol. The molecule has 0 spiro atoms. The Hall–Kier alpha value is -1.91. The van der Waals surface area contributed by atoms with Gasteiger partial charge >= 0.3 is 0 Å². The Labute approximate surface area is 190 Å². The molecule has 0 N–H and O–H groups in total. The molecular weight excluding hydrogens is 380 g/mol. The van der Waals surface area contributed by atoms with E-state index in [0.29, 0.717) is 5.25 Å². The minimum Gasteiger partial charge on any atom is -0.127 e. The maximum atomic E-state index is 5.86. The van der Waals surface area contributed by atoms with E-state index in [9.17, 15) is 0 Å². The van der Waals surface area contributed by atoms with E-state index in [2.05, 4.69) is 91.0 Å². The fourth-order valence-electron chi connectivity index (χ4n) is 3.97. The first-order chi connectivity index (χ1) is 14.1. The first-order valence-electron chi connectivity index (χ1n) is 11.1. The largest absolute Gasteiger partial charge is 0.127 e. The minimum absolute atomic E-state index is 0.142. The van der Waals surface area contributed by atoms with Gasteiger partial charge in [-0.2, -0.15) is 0 Å². The quantitative estimate of drug-likeness (QED) is 0.254. The van der Waals surface area contributed by atoms with Crippen molar-refractivity contribution in [2.24, 2.45) is 0 Å². The number of allylic oxidation sites excluding steroid dienone is 6. The van der Waals surface area contributed by atoms with E-state index in [1.807, 2.05) is 18.7 Å². The summed E-state index contributed by atoms with van der Waals surface area (Å²) in [5.41, 5.74) is 6.98. The summed E-state index contributed by atoms with van der Waals surface area (Å²) < 4.78 is 0. The van der Waals surface area contributed by atoms with Gasteiger partial charge in [0.1, 0.15) is 0 Å². The first kappa shape index (κ1) is 26.1. The van der Waals surface area contributed by atoms with Crippen molar-refractivity contribution < 1.29 is 0 Å². The molecule has 1 aromatic carbocycles. The topological polar surface area (TPSA) is 0 Å². The van der Waals surface area contributed by atoms with Crippen molar-refractivity contribution in [3.05, 3.63) is 76.3 Å². The van der Waals surface area contributed by atoms with E-state index in [1.54, 1.807) is 0 Å². The molecule has 0 amide bonds. The summed E-state index contributed by atoms with van der Waals surface area (Å²) >= 11 is 1.89. The van der Waals surface area contributed by atoms with Gasteiger partial charge in [0, 0.05) is 10.8 Å². The van der Waals surface area contributed by atoms with E-state index >= 15 is 0 Å². The second-order valence-corrected chi connectivity index (χ2v) is 10.4. The second-order valence-electron chi connectivity index (χ2n) is 8.70. The molecule has 0 aliphatic rings. The average molecular weight is 421 g/mol. The van der Waals surface area contributed by atoms with Crippen molar-refractivity contribution in [2.45, 2.75) is 84.8 Å². The van der Waals surface area contributed by atoms with Crippen LogP contribution in [0.1, 0.15) is 89.5 Å². The summed E-state index contributed by atoms with van der Waals surface area (Å²) in [6, 6.07) is 4.44. The molecule has 0 aliphatic heterocycles. The molecule has 0 bridgehead atoms. The molecule has 0 fully saturated rings. The van der Waals surface area contributed by atoms with E-state index in [1.165, 1.54) is 16.0 Å². The van der Waals surface area contributed by atoms with Crippen LogP contribution in [0.2, 0.25) is 0 Å². The third-order valence-corrected chi connectivity index (χ3v) is 6.87. The van der Waals surface area contributed by atoms with Crippen LogP contribution in [-0.4, -0.2) is 5.25 Å². The van der Waals surface area contributed by atoms with Gasteiger partial charge in [-0.1, -0.05) is 83.1 Å². The fraction of sp³-hybridized carbons (Fsp3) is 0.448. The van der Waals surface area contributed by atoms with Crippen LogP contribution in [0.5, 0.6) is 0 Å². The van der Waals surface area contributed by atoms with Crippen LogP contribution >= 0.6 is 11.8 Å². The molecule has 0 aromatic heterocycles. The number of rotatable bonds is 11. The highest BCUT2D eigenvalue weighted by Crippen LogP contribution is 2.37. The highest BCUT2D eigenvalue weighted by molar-refractivity contribution is 8.03. The molecule has 1 aromatic rings. The van der Waals surface area contributed by atoms with E-state index in [-0.39, 0.29) is 5.41 Å². The zero-order chi connectivity index (χ0) is 22.9. The maximum Gasteiger partial charge on any atom is 0.0280 e. The third kappa shape index (κ3) is 7.41. The smallest absolute Gasteiger partial charge is 0.0280 e. The van der Waals surface area contributed by atoms with Crippen LogP contribution in [0.4, 0.5) is 0 Å². The number of benzene rings is 1. The van der Waals surface area contributed by atoms with Crippen LogP contribution in [0.15, 0.2) is 54.0 Å². The SMILES string of the molecule is C#Cc1cc(C(=C)/C=C\CC(C)S/C(C)=C/C(=C)C)cc(C(C)(CC)CCC)c1C. The fourth-order valence-corrected chi connectivity index (χ4v) is 5.09. The lowest BCUT2D eigenvalue weighted by atomic mass is 9.73. The summed E-state index contributed by atoms with van der Waals surface area (Å²) in [6.07, 6.45) is 16.8. The molecule has 0 nitrogen and oxygen atoms in total. The Kier molecular flexibility index (Phi) is 10.5. The van der Waals surface area contributed by atoms with Crippen molar-refractivity contribution >= 4 is 17.3 Å². The van der Waals surface area contributed by atoms with Gasteiger partial charge in [0.2, 0.25) is 0 Å². The monoisotopic (exact) mass is 420 g/mol. The molecule has 2 atom stereocenters. The molecule has 0 saturated heterocycles. The molecule has 162 valence electrons. The lowest BCUT2D eigenvalue weighted by Crippen LogP contribution is -2.22. The average Bonchev–Trinajstić information content (AvgIpc) is 2.67. The summed E-state index contributed by atoms with van der Waals surface area (Å²) in [6.45, 7) is 23.8. The van der Waals surface area contributed by atoms with Gasteiger partial charge < -0.3 is 0 Å². The Morgan fingerprint density at radius 2 is 1.93 bits per heavy atom. The molecule has 1 rings (SSSR count). The summed E-state index contributed by atoms with van der Waals surface area (Å²) in [7, 11) is 0. The van der Waals surface area contributed by atoms with Crippen molar-refractivity contribution in [1.29, 1.82) is 0 Å². The molecule has 1 heteroatoms. The van der Waals surface area contributed by atoms with Gasteiger partial charge in [-0.3, -0.25) is 0 Å². The summed E-state index contributed by atoms with van der Waals surface area (Å²) in [5.74, 6) is 2.90. The molecule has 0 heterocycles. The number of thioether (sulfide) groups is 1. The number of terminal acetylenes is 1. The third-order valence-electron chi connectivity index (χ3n) is 5.79. The molecule has 2 unspecified atom stereocenters. The van der Waals surface area contributed by atoms with Crippen molar-refractivity contribution in [3.8, 4) is 12.3 Å². The second kappa shape index (κ2) is 12.1. The van der Waals surface area contributed by atoms with Gasteiger partial charge in [-0.05, 0) is 78.7 Å².